The Hall–Kier alpha value is -1.09. The maximum atomic E-state index is 5.99. The number of aryl methyl sites for hydroxylation is 2. The highest BCUT2D eigenvalue weighted by atomic mass is 35.5. The summed E-state index contributed by atoms with van der Waals surface area (Å²) in [7, 11) is 0. The molecule has 2 aromatic rings. The summed E-state index contributed by atoms with van der Waals surface area (Å²) in [4.78, 5) is 4.32. The third kappa shape index (κ3) is 1.40. The van der Waals surface area contributed by atoms with E-state index in [-0.39, 0.29) is 0 Å². The predicted octanol–water partition coefficient (Wildman–Crippen LogP) is 2.25. The van der Waals surface area contributed by atoms with E-state index >= 15 is 0 Å². The van der Waals surface area contributed by atoms with Crippen molar-refractivity contribution < 1.29 is 0 Å². The minimum Gasteiger partial charge on any atom is -0.212 e. The maximum absolute atomic E-state index is 5.99. The molecular formula is C9H10ClN3. The number of fused-ring (bicyclic) bond motifs is 1. The second kappa shape index (κ2) is 3.00. The van der Waals surface area contributed by atoms with Gasteiger partial charge in [0.05, 0.1) is 0 Å². The predicted molar refractivity (Wildman–Crippen MR) is 52.1 cm³/mol. The molecule has 0 spiro atoms. The summed E-state index contributed by atoms with van der Waals surface area (Å²) >= 11 is 5.99. The van der Waals surface area contributed by atoms with Gasteiger partial charge in [0.25, 0.3) is 0 Å². The molecule has 0 fully saturated rings. The van der Waals surface area contributed by atoms with Crippen LogP contribution < -0.4 is 0 Å². The number of rotatable bonds is 1. The minimum absolute atomic E-state index is 0.613. The monoisotopic (exact) mass is 195 g/mol. The van der Waals surface area contributed by atoms with Gasteiger partial charge in [-0.3, -0.25) is 0 Å². The molecule has 0 aromatic carbocycles. The molecule has 0 amide bonds. The van der Waals surface area contributed by atoms with Crippen molar-refractivity contribution in [2.45, 2.75) is 20.3 Å². The molecule has 3 nitrogen and oxygen atoms in total. The van der Waals surface area contributed by atoms with E-state index in [0.717, 1.165) is 23.5 Å². The summed E-state index contributed by atoms with van der Waals surface area (Å²) in [6, 6.07) is 3.85. The van der Waals surface area contributed by atoms with E-state index in [9.17, 15) is 0 Å². The summed E-state index contributed by atoms with van der Waals surface area (Å²) in [6.07, 6.45) is 0.830. The summed E-state index contributed by atoms with van der Waals surface area (Å²) < 4.78 is 1.66. The molecule has 0 aliphatic carbocycles. The van der Waals surface area contributed by atoms with E-state index in [1.807, 2.05) is 26.0 Å². The van der Waals surface area contributed by atoms with Gasteiger partial charge in [-0.2, -0.15) is 0 Å². The fraction of sp³-hybridized carbons (Fsp3) is 0.333. The molecule has 2 heterocycles. The molecule has 2 rings (SSSR count). The van der Waals surface area contributed by atoms with Crippen LogP contribution in [0, 0.1) is 6.92 Å². The highest BCUT2D eigenvalue weighted by Crippen LogP contribution is 2.14. The van der Waals surface area contributed by atoms with Gasteiger partial charge in [-0.15, -0.1) is 5.10 Å². The lowest BCUT2D eigenvalue weighted by atomic mass is 10.3. The number of halogens is 1. The molecule has 0 N–H and O–H groups in total. The average molecular weight is 196 g/mol. The van der Waals surface area contributed by atoms with E-state index in [4.69, 9.17) is 11.6 Å². The van der Waals surface area contributed by atoms with Crippen molar-refractivity contribution in [3.05, 3.63) is 28.7 Å². The van der Waals surface area contributed by atoms with E-state index in [0.29, 0.717) is 5.15 Å². The molecule has 0 atom stereocenters. The molecule has 68 valence electrons. The Labute approximate surface area is 81.4 Å². The zero-order valence-electron chi connectivity index (χ0n) is 7.58. The van der Waals surface area contributed by atoms with E-state index in [1.54, 1.807) is 4.52 Å². The number of hydrogen-bond donors (Lipinski definition) is 0. The molecule has 0 radical (unpaired) electrons. The normalized spacial score (nSPS) is 11.0. The van der Waals surface area contributed by atoms with Crippen LogP contribution in [0.15, 0.2) is 12.1 Å². The van der Waals surface area contributed by atoms with Crippen molar-refractivity contribution in [1.82, 2.24) is 14.6 Å². The first-order chi connectivity index (χ1) is 6.20. The first-order valence-corrected chi connectivity index (χ1v) is 4.60. The van der Waals surface area contributed by atoms with Gasteiger partial charge in [-0.1, -0.05) is 18.5 Å². The quantitative estimate of drug-likeness (QED) is 0.654. The van der Waals surface area contributed by atoms with Gasteiger partial charge in [-0.05, 0) is 24.6 Å². The van der Waals surface area contributed by atoms with Crippen molar-refractivity contribution in [3.63, 3.8) is 0 Å². The van der Waals surface area contributed by atoms with E-state index in [2.05, 4.69) is 10.1 Å². The summed E-state index contributed by atoms with van der Waals surface area (Å²) in [6.45, 7) is 4.02. The van der Waals surface area contributed by atoms with Crippen LogP contribution in [-0.4, -0.2) is 14.6 Å². The van der Waals surface area contributed by atoms with Crippen molar-refractivity contribution in [3.8, 4) is 0 Å². The molecule has 0 bridgehead atoms. The maximum Gasteiger partial charge on any atom is 0.157 e. The fourth-order valence-electron chi connectivity index (χ4n) is 1.26. The molecular weight excluding hydrogens is 186 g/mol. The van der Waals surface area contributed by atoms with Crippen molar-refractivity contribution in [2.75, 3.05) is 0 Å². The number of nitrogens with zero attached hydrogens (tertiary/aromatic N) is 3. The Morgan fingerprint density at radius 1 is 1.46 bits per heavy atom. The third-order valence-electron chi connectivity index (χ3n) is 1.90. The topological polar surface area (TPSA) is 30.2 Å². The Bertz CT molecular complexity index is 447. The molecule has 0 unspecified atom stereocenters. The van der Waals surface area contributed by atoms with Crippen LogP contribution in [-0.2, 0) is 6.42 Å². The van der Waals surface area contributed by atoms with Gasteiger partial charge >= 0.3 is 0 Å². The smallest absolute Gasteiger partial charge is 0.157 e. The molecule has 0 saturated carbocycles. The lowest BCUT2D eigenvalue weighted by Crippen LogP contribution is -1.90. The molecule has 4 heteroatoms. The third-order valence-corrected chi connectivity index (χ3v) is 2.17. The van der Waals surface area contributed by atoms with Gasteiger partial charge in [-0.25, -0.2) is 9.50 Å². The van der Waals surface area contributed by atoms with Crippen LogP contribution in [0.2, 0.25) is 5.15 Å². The molecule has 0 aliphatic rings. The molecule has 13 heavy (non-hydrogen) atoms. The SMILES string of the molecule is CCc1nc2cc(C)cc(Cl)n2n1. The lowest BCUT2D eigenvalue weighted by Gasteiger charge is -1.96. The zero-order valence-corrected chi connectivity index (χ0v) is 8.34. The summed E-state index contributed by atoms with van der Waals surface area (Å²) in [5, 5.41) is 4.86. The molecule has 0 saturated heterocycles. The minimum atomic E-state index is 0.613. The molecule has 2 aromatic heterocycles. The Morgan fingerprint density at radius 3 is 2.92 bits per heavy atom. The van der Waals surface area contributed by atoms with Crippen LogP contribution in [0.1, 0.15) is 18.3 Å². The number of pyridine rings is 1. The highest BCUT2D eigenvalue weighted by Gasteiger charge is 2.04. The van der Waals surface area contributed by atoms with Gasteiger partial charge in [0.15, 0.2) is 11.5 Å². The lowest BCUT2D eigenvalue weighted by molar-refractivity contribution is 0.885. The summed E-state index contributed by atoms with van der Waals surface area (Å²) in [5.41, 5.74) is 1.93. The van der Waals surface area contributed by atoms with Crippen LogP contribution >= 0.6 is 11.6 Å². The van der Waals surface area contributed by atoms with Gasteiger partial charge < -0.3 is 0 Å². The first-order valence-electron chi connectivity index (χ1n) is 4.22. The van der Waals surface area contributed by atoms with Crippen LogP contribution in [0.4, 0.5) is 0 Å². The Kier molecular flexibility index (Phi) is 1.96. The average Bonchev–Trinajstić information content (AvgIpc) is 2.47. The van der Waals surface area contributed by atoms with Crippen molar-refractivity contribution in [2.24, 2.45) is 0 Å². The molecule has 0 aliphatic heterocycles. The zero-order chi connectivity index (χ0) is 9.42. The van der Waals surface area contributed by atoms with E-state index in [1.165, 1.54) is 0 Å². The highest BCUT2D eigenvalue weighted by molar-refractivity contribution is 6.29. The largest absolute Gasteiger partial charge is 0.212 e. The van der Waals surface area contributed by atoms with Crippen molar-refractivity contribution >= 4 is 17.2 Å². The van der Waals surface area contributed by atoms with Crippen LogP contribution in [0.5, 0.6) is 0 Å². The second-order valence-corrected chi connectivity index (χ2v) is 3.39. The standard InChI is InChI=1S/C9H10ClN3/c1-3-8-11-9-5-6(2)4-7(10)13(9)12-8/h4-5H,3H2,1-2H3. The van der Waals surface area contributed by atoms with Gasteiger partial charge in [0.2, 0.25) is 0 Å². The Morgan fingerprint density at radius 2 is 2.23 bits per heavy atom. The van der Waals surface area contributed by atoms with Gasteiger partial charge in [0.1, 0.15) is 5.15 Å². The fourth-order valence-corrected chi connectivity index (χ4v) is 1.56. The van der Waals surface area contributed by atoms with E-state index < -0.39 is 0 Å². The van der Waals surface area contributed by atoms with Crippen molar-refractivity contribution in [1.29, 1.82) is 0 Å². The number of hydrogen-bond acceptors (Lipinski definition) is 2. The van der Waals surface area contributed by atoms with Gasteiger partial charge in [0, 0.05) is 6.42 Å². The first kappa shape index (κ1) is 8.51. The second-order valence-electron chi connectivity index (χ2n) is 3.01. The van der Waals surface area contributed by atoms with Crippen LogP contribution in [0.3, 0.4) is 0 Å². The van der Waals surface area contributed by atoms with Crippen LogP contribution in [0.25, 0.3) is 5.65 Å². The Balaban J connectivity index is 2.75. The number of aromatic nitrogens is 3. The summed E-state index contributed by atoms with van der Waals surface area (Å²) in [5.74, 6) is 0.826.